The summed E-state index contributed by atoms with van der Waals surface area (Å²) in [5.41, 5.74) is 11.2. The lowest BCUT2D eigenvalue weighted by Crippen LogP contribution is -2.21. The lowest BCUT2D eigenvalue weighted by Gasteiger charge is -2.10. The first-order valence-electron chi connectivity index (χ1n) is 6.12. The maximum atomic E-state index is 5.75. The molecule has 19 heavy (non-hydrogen) atoms. The van der Waals surface area contributed by atoms with Crippen molar-refractivity contribution < 1.29 is 9.47 Å². The molecule has 1 aliphatic rings. The number of ether oxygens (including phenoxy) is 2. The highest BCUT2D eigenvalue weighted by Gasteiger charge is 2.22. The number of hydrogen-bond acceptors (Lipinski definition) is 4. The largest absolute Gasteiger partial charge is 0.493 e. The highest BCUT2D eigenvalue weighted by Crippen LogP contribution is 2.33. The minimum Gasteiger partial charge on any atom is -0.493 e. The Morgan fingerprint density at radius 2 is 2.16 bits per heavy atom. The molecule has 1 aromatic rings. The second-order valence-corrected chi connectivity index (χ2v) is 4.43. The summed E-state index contributed by atoms with van der Waals surface area (Å²) in [7, 11) is 1.62. The van der Waals surface area contributed by atoms with Gasteiger partial charge in [-0.3, -0.25) is 0 Å². The van der Waals surface area contributed by atoms with Crippen LogP contribution in [0.3, 0.4) is 0 Å². The fourth-order valence-electron chi connectivity index (χ4n) is 1.54. The van der Waals surface area contributed by atoms with E-state index in [0.717, 1.165) is 12.2 Å². The van der Waals surface area contributed by atoms with Gasteiger partial charge < -0.3 is 20.9 Å². The number of hydrogen-bond donors (Lipinski definition) is 2. The van der Waals surface area contributed by atoms with Gasteiger partial charge in [0.05, 0.1) is 19.9 Å². The lowest BCUT2D eigenvalue weighted by molar-refractivity contribution is 0.280. The molecule has 0 radical (unpaired) electrons. The van der Waals surface area contributed by atoms with Gasteiger partial charge in [0.25, 0.3) is 0 Å². The molecule has 2 rings (SSSR count). The van der Waals surface area contributed by atoms with E-state index >= 15 is 0 Å². The molecule has 0 atom stereocenters. The SMILES string of the molecule is COc1ccc(C=NN=C(N)N)cc1OCC1CC1. The van der Waals surface area contributed by atoms with Crippen molar-refractivity contribution in [1.82, 2.24) is 0 Å². The Morgan fingerprint density at radius 3 is 2.79 bits per heavy atom. The average Bonchev–Trinajstić information content (AvgIpc) is 3.20. The number of rotatable bonds is 6. The second kappa shape index (κ2) is 6.08. The molecule has 102 valence electrons. The number of methoxy groups -OCH3 is 1. The van der Waals surface area contributed by atoms with Gasteiger partial charge in [0.2, 0.25) is 5.96 Å². The Labute approximate surface area is 112 Å². The third kappa shape index (κ3) is 4.17. The van der Waals surface area contributed by atoms with Gasteiger partial charge in [0.1, 0.15) is 0 Å². The predicted molar refractivity (Wildman–Crippen MR) is 74.6 cm³/mol. The molecule has 0 saturated heterocycles. The van der Waals surface area contributed by atoms with E-state index in [1.165, 1.54) is 12.8 Å². The molecule has 6 nitrogen and oxygen atoms in total. The first-order chi connectivity index (χ1) is 9.19. The monoisotopic (exact) mass is 262 g/mol. The summed E-state index contributed by atoms with van der Waals surface area (Å²) < 4.78 is 11.0. The molecule has 0 amide bonds. The summed E-state index contributed by atoms with van der Waals surface area (Å²) in [6.45, 7) is 0.727. The summed E-state index contributed by atoms with van der Waals surface area (Å²) in [4.78, 5) is 0. The molecular weight excluding hydrogens is 244 g/mol. The minimum atomic E-state index is -0.0741. The van der Waals surface area contributed by atoms with Crippen LogP contribution in [0, 0.1) is 5.92 Å². The summed E-state index contributed by atoms with van der Waals surface area (Å²) >= 11 is 0. The Bertz CT molecular complexity index is 491. The number of nitrogens with zero attached hydrogens (tertiary/aromatic N) is 2. The molecule has 0 aliphatic heterocycles. The molecule has 1 aromatic carbocycles. The second-order valence-electron chi connectivity index (χ2n) is 4.43. The maximum Gasteiger partial charge on any atom is 0.211 e. The van der Waals surface area contributed by atoms with Gasteiger partial charge in [-0.2, -0.15) is 5.10 Å². The van der Waals surface area contributed by atoms with Crippen LogP contribution < -0.4 is 20.9 Å². The first kappa shape index (κ1) is 13.2. The molecule has 0 heterocycles. The van der Waals surface area contributed by atoms with E-state index in [4.69, 9.17) is 20.9 Å². The molecule has 4 N–H and O–H groups in total. The maximum absolute atomic E-state index is 5.75. The van der Waals surface area contributed by atoms with E-state index < -0.39 is 0 Å². The van der Waals surface area contributed by atoms with Crippen LogP contribution >= 0.6 is 0 Å². The molecule has 0 bridgehead atoms. The van der Waals surface area contributed by atoms with Crippen LogP contribution in [0.2, 0.25) is 0 Å². The zero-order valence-electron chi connectivity index (χ0n) is 10.9. The van der Waals surface area contributed by atoms with Crippen LogP contribution in [0.5, 0.6) is 11.5 Å². The fraction of sp³-hybridized carbons (Fsp3) is 0.385. The Balaban J connectivity index is 2.09. The topological polar surface area (TPSA) is 95.2 Å². The van der Waals surface area contributed by atoms with Gasteiger partial charge in [-0.15, -0.1) is 5.10 Å². The number of nitrogens with two attached hydrogens (primary N) is 2. The van der Waals surface area contributed by atoms with E-state index in [2.05, 4.69) is 10.2 Å². The van der Waals surface area contributed by atoms with Gasteiger partial charge in [0, 0.05) is 0 Å². The quantitative estimate of drug-likeness (QED) is 0.456. The molecule has 1 aliphatic carbocycles. The zero-order chi connectivity index (χ0) is 13.7. The van der Waals surface area contributed by atoms with Gasteiger partial charge >= 0.3 is 0 Å². The molecule has 1 fully saturated rings. The van der Waals surface area contributed by atoms with Crippen LogP contribution in [-0.4, -0.2) is 25.9 Å². The van der Waals surface area contributed by atoms with Crippen LogP contribution in [0.15, 0.2) is 28.4 Å². The molecule has 0 aromatic heterocycles. The van der Waals surface area contributed by atoms with Crippen LogP contribution in [0.25, 0.3) is 0 Å². The smallest absolute Gasteiger partial charge is 0.211 e. The van der Waals surface area contributed by atoms with E-state index in [0.29, 0.717) is 17.4 Å². The van der Waals surface area contributed by atoms with Crippen molar-refractivity contribution in [2.75, 3.05) is 13.7 Å². The van der Waals surface area contributed by atoms with Gasteiger partial charge in [0.15, 0.2) is 11.5 Å². The summed E-state index contributed by atoms with van der Waals surface area (Å²) in [6.07, 6.45) is 4.05. The third-order valence-electron chi connectivity index (χ3n) is 2.74. The molecular formula is C13H18N4O2. The third-order valence-corrected chi connectivity index (χ3v) is 2.74. The van der Waals surface area contributed by atoms with E-state index in [1.54, 1.807) is 13.3 Å². The molecule has 1 saturated carbocycles. The minimum absolute atomic E-state index is 0.0741. The molecule has 0 spiro atoms. The fourth-order valence-corrected chi connectivity index (χ4v) is 1.54. The van der Waals surface area contributed by atoms with Gasteiger partial charge in [-0.05, 0) is 42.5 Å². The normalized spacial score (nSPS) is 14.4. The van der Waals surface area contributed by atoms with Gasteiger partial charge in [-0.25, -0.2) is 0 Å². The Kier molecular flexibility index (Phi) is 4.22. The highest BCUT2D eigenvalue weighted by molar-refractivity contribution is 5.82. The van der Waals surface area contributed by atoms with Crippen molar-refractivity contribution in [2.45, 2.75) is 12.8 Å². The van der Waals surface area contributed by atoms with Gasteiger partial charge in [-0.1, -0.05) is 0 Å². The van der Waals surface area contributed by atoms with Crippen molar-refractivity contribution in [2.24, 2.45) is 27.6 Å². The summed E-state index contributed by atoms with van der Waals surface area (Å²) in [5, 5.41) is 7.31. The standard InChI is InChI=1S/C13H18N4O2/c1-18-11-5-4-10(7-16-17-13(14)15)6-12(11)19-8-9-2-3-9/h4-7,9H,2-3,8H2,1H3,(H4,14,15,17). The number of guanidine groups is 1. The van der Waals surface area contributed by atoms with E-state index in [-0.39, 0.29) is 5.96 Å². The highest BCUT2D eigenvalue weighted by atomic mass is 16.5. The predicted octanol–water partition coefficient (Wildman–Crippen LogP) is 1.09. The van der Waals surface area contributed by atoms with Crippen LogP contribution in [0.4, 0.5) is 0 Å². The molecule has 6 heteroatoms. The van der Waals surface area contributed by atoms with E-state index in [1.807, 2.05) is 18.2 Å². The van der Waals surface area contributed by atoms with Crippen molar-refractivity contribution >= 4 is 12.2 Å². The Hall–Kier alpha value is -2.24. The molecule has 0 unspecified atom stereocenters. The lowest BCUT2D eigenvalue weighted by atomic mass is 10.2. The van der Waals surface area contributed by atoms with Crippen molar-refractivity contribution in [3.8, 4) is 11.5 Å². The zero-order valence-corrected chi connectivity index (χ0v) is 10.9. The average molecular weight is 262 g/mol. The van der Waals surface area contributed by atoms with Crippen molar-refractivity contribution in [3.05, 3.63) is 23.8 Å². The summed E-state index contributed by atoms with van der Waals surface area (Å²) in [6, 6.07) is 5.54. The van der Waals surface area contributed by atoms with Crippen LogP contribution in [-0.2, 0) is 0 Å². The summed E-state index contributed by atoms with van der Waals surface area (Å²) in [5.74, 6) is 2.03. The Morgan fingerprint density at radius 1 is 1.37 bits per heavy atom. The van der Waals surface area contributed by atoms with Crippen molar-refractivity contribution in [1.29, 1.82) is 0 Å². The van der Waals surface area contributed by atoms with Crippen LogP contribution in [0.1, 0.15) is 18.4 Å². The first-order valence-corrected chi connectivity index (χ1v) is 6.12. The van der Waals surface area contributed by atoms with Crippen molar-refractivity contribution in [3.63, 3.8) is 0 Å². The number of benzene rings is 1. The van der Waals surface area contributed by atoms with E-state index in [9.17, 15) is 0 Å².